The van der Waals surface area contributed by atoms with Crippen molar-refractivity contribution in [2.24, 2.45) is 5.92 Å². The van der Waals surface area contributed by atoms with Crippen LogP contribution < -0.4 is 0 Å². The number of allylic oxidation sites excluding steroid dienone is 6. The zero-order chi connectivity index (χ0) is 55.1. The number of hydrogen-bond acceptors (Lipinski definition) is 5. The van der Waals surface area contributed by atoms with Crippen LogP contribution >= 0.6 is 0 Å². The fraction of sp³-hybridized carbons (Fsp3) is 0.882. The Bertz CT molecular complexity index is 1130. The molecule has 0 saturated heterocycles. The third kappa shape index (κ3) is 66.2. The van der Waals surface area contributed by atoms with Crippen LogP contribution in [0.1, 0.15) is 360 Å². The van der Waals surface area contributed by atoms with Crippen molar-refractivity contribution < 1.29 is 23.8 Å². The fourth-order valence-corrected chi connectivity index (χ4v) is 8.44. The highest BCUT2D eigenvalue weighted by molar-refractivity contribution is 5.75. The monoisotopic (exact) mass is 1030 g/mol. The second-order valence-corrected chi connectivity index (χ2v) is 21.5. The molecule has 1 rings (SSSR count). The van der Waals surface area contributed by atoms with Crippen LogP contribution in [0.5, 0.6) is 0 Å². The van der Waals surface area contributed by atoms with Crippen LogP contribution in [0, 0.1) is 5.92 Å². The summed E-state index contributed by atoms with van der Waals surface area (Å²) in [5.74, 6) is 2.05. The number of Topliss-reactive ketones (excluding diaryl/α,β-unsaturated/α-hetero) is 1. The SMILES string of the molecule is C/C=C(/CCC(OCCCCCCCC)C1CC1)OC(CCC)C(CCCCC)OC(=O)CCCCCCC/C=C\C/C=C\CCCC.CCC.CCC.CCCCCCCC(C)=O.CCCCCCCCC. The van der Waals surface area contributed by atoms with Gasteiger partial charge in [0, 0.05) is 25.9 Å². The molecule has 0 aromatic heterocycles. The van der Waals surface area contributed by atoms with Crippen molar-refractivity contribution >= 4 is 11.8 Å². The Morgan fingerprint density at radius 3 is 1.33 bits per heavy atom. The number of hydrogen-bond donors (Lipinski definition) is 0. The van der Waals surface area contributed by atoms with Crippen LogP contribution in [0.2, 0.25) is 0 Å². The maximum absolute atomic E-state index is 13.0. The molecule has 1 aliphatic rings. The summed E-state index contributed by atoms with van der Waals surface area (Å²) < 4.78 is 19.4. The van der Waals surface area contributed by atoms with Gasteiger partial charge in [-0.2, -0.15) is 0 Å². The molecule has 436 valence electrons. The average molecular weight is 1030 g/mol. The maximum atomic E-state index is 13.0. The first-order chi connectivity index (χ1) is 35.6. The Morgan fingerprint density at radius 1 is 0.438 bits per heavy atom. The van der Waals surface area contributed by atoms with Gasteiger partial charge in [-0.1, -0.05) is 267 Å². The summed E-state index contributed by atoms with van der Waals surface area (Å²) >= 11 is 0. The van der Waals surface area contributed by atoms with Crippen molar-refractivity contribution in [1.82, 2.24) is 0 Å². The van der Waals surface area contributed by atoms with Crippen LogP contribution in [0.4, 0.5) is 0 Å². The third-order valence-corrected chi connectivity index (χ3v) is 13.1. The van der Waals surface area contributed by atoms with E-state index in [1.165, 1.54) is 173 Å². The topological polar surface area (TPSA) is 61.8 Å². The highest BCUT2D eigenvalue weighted by atomic mass is 16.6. The zero-order valence-corrected chi connectivity index (χ0v) is 52.1. The molecule has 73 heavy (non-hydrogen) atoms. The molecular weight excluding hydrogens is 897 g/mol. The summed E-state index contributed by atoms with van der Waals surface area (Å²) in [6, 6.07) is 0. The summed E-state index contributed by atoms with van der Waals surface area (Å²) in [4.78, 5) is 23.5. The van der Waals surface area contributed by atoms with E-state index in [1.54, 1.807) is 6.92 Å². The molecule has 3 unspecified atom stereocenters. The molecular formula is C68H134O5. The third-order valence-electron chi connectivity index (χ3n) is 13.1. The van der Waals surface area contributed by atoms with Crippen LogP contribution in [0.3, 0.4) is 0 Å². The van der Waals surface area contributed by atoms with Crippen LogP contribution in [0.15, 0.2) is 36.1 Å². The molecule has 0 bridgehead atoms. The van der Waals surface area contributed by atoms with Gasteiger partial charge in [0.15, 0.2) is 0 Å². The smallest absolute Gasteiger partial charge is 0.306 e. The van der Waals surface area contributed by atoms with Gasteiger partial charge in [-0.15, -0.1) is 0 Å². The molecule has 5 nitrogen and oxygen atoms in total. The minimum Gasteiger partial charge on any atom is -0.491 e. The maximum Gasteiger partial charge on any atom is 0.306 e. The van der Waals surface area contributed by atoms with Gasteiger partial charge < -0.3 is 19.0 Å². The van der Waals surface area contributed by atoms with E-state index in [0.717, 1.165) is 108 Å². The summed E-state index contributed by atoms with van der Waals surface area (Å²) in [6.07, 6.45) is 61.6. The second-order valence-electron chi connectivity index (χ2n) is 21.5. The lowest BCUT2D eigenvalue weighted by atomic mass is 10.0. The van der Waals surface area contributed by atoms with E-state index in [-0.39, 0.29) is 18.2 Å². The van der Waals surface area contributed by atoms with E-state index >= 15 is 0 Å². The average Bonchev–Trinajstić information content (AvgIpc) is 4.23. The number of carbonyl (C=O) groups excluding carboxylic acids is 2. The van der Waals surface area contributed by atoms with Gasteiger partial charge >= 0.3 is 5.97 Å². The van der Waals surface area contributed by atoms with E-state index in [9.17, 15) is 9.59 Å². The summed E-state index contributed by atoms with van der Waals surface area (Å²) in [6.45, 7) is 28.8. The number of ketones is 1. The Hall–Kier alpha value is -1.88. The Balaban J connectivity index is -0.000000775. The number of carbonyl (C=O) groups is 2. The molecule has 0 aromatic rings. The summed E-state index contributed by atoms with van der Waals surface area (Å²) in [7, 11) is 0. The quantitative estimate of drug-likeness (QED) is 0.0263. The lowest BCUT2D eigenvalue weighted by molar-refractivity contribution is -0.157. The fourth-order valence-electron chi connectivity index (χ4n) is 8.44. The highest BCUT2D eigenvalue weighted by Gasteiger charge is 2.32. The van der Waals surface area contributed by atoms with Gasteiger partial charge in [0.25, 0.3) is 0 Å². The first-order valence-corrected chi connectivity index (χ1v) is 32.5. The van der Waals surface area contributed by atoms with Crippen molar-refractivity contribution in [2.45, 2.75) is 378 Å². The Morgan fingerprint density at radius 2 is 0.863 bits per heavy atom. The lowest BCUT2D eigenvalue weighted by Crippen LogP contribution is -2.34. The molecule has 0 radical (unpaired) electrons. The van der Waals surface area contributed by atoms with E-state index in [2.05, 4.69) is 113 Å². The van der Waals surface area contributed by atoms with E-state index < -0.39 is 0 Å². The molecule has 0 aliphatic heterocycles. The Kier molecular flexibility index (Phi) is 72.4. The summed E-state index contributed by atoms with van der Waals surface area (Å²) in [5, 5.41) is 0. The first-order valence-electron chi connectivity index (χ1n) is 32.5. The predicted molar refractivity (Wildman–Crippen MR) is 327 cm³/mol. The van der Waals surface area contributed by atoms with Crippen molar-refractivity contribution in [3.8, 4) is 0 Å². The lowest BCUT2D eigenvalue weighted by Gasteiger charge is -2.29. The van der Waals surface area contributed by atoms with Crippen LogP contribution in [0.25, 0.3) is 0 Å². The first kappa shape index (κ1) is 77.6. The standard InChI is InChI=1S/C44H80O4.C9H18O.C9H20.2C3H8/c1-6-11-14-16-18-19-20-21-22-23-24-25-26-29-33-44(45)48-43(32-28-13-8-3)42(31-9-4)47-40(10-5)36-37-41(39-34-35-39)46-38-30-27-17-15-12-7-2;1-3-4-5-6-7-8-9(2)10;1-3-5-7-9-8-6-4-2;2*1-3-2/h10,16,18,20-21,39,41-43H,6-9,11-15,17,19,22-38H2,1-5H3;3-8H2,1-2H3;3-9H2,1-2H3;2*3H2,1-2H3/b18-16-,21-20-,40-10-;;;;. The minimum absolute atomic E-state index is 0.0463. The number of esters is 1. The highest BCUT2D eigenvalue weighted by Crippen LogP contribution is 2.37. The van der Waals surface area contributed by atoms with Gasteiger partial charge in [0.1, 0.15) is 18.0 Å². The molecule has 0 amide bonds. The van der Waals surface area contributed by atoms with Crippen molar-refractivity contribution in [3.05, 3.63) is 36.1 Å². The predicted octanol–water partition coefficient (Wildman–Crippen LogP) is 23.5. The molecule has 1 aliphatic carbocycles. The van der Waals surface area contributed by atoms with Gasteiger partial charge in [0.2, 0.25) is 0 Å². The van der Waals surface area contributed by atoms with Crippen molar-refractivity contribution in [3.63, 3.8) is 0 Å². The van der Waals surface area contributed by atoms with E-state index in [1.807, 2.05) is 0 Å². The van der Waals surface area contributed by atoms with Crippen molar-refractivity contribution in [1.29, 1.82) is 0 Å². The van der Waals surface area contributed by atoms with Crippen LogP contribution in [-0.4, -0.2) is 36.7 Å². The summed E-state index contributed by atoms with van der Waals surface area (Å²) in [5.41, 5.74) is 0. The van der Waals surface area contributed by atoms with Crippen LogP contribution in [-0.2, 0) is 23.8 Å². The van der Waals surface area contributed by atoms with Gasteiger partial charge in [-0.05, 0) is 109 Å². The number of unbranched alkanes of at least 4 members (excludes halogenated alkanes) is 24. The van der Waals surface area contributed by atoms with Gasteiger partial charge in [-0.3, -0.25) is 4.79 Å². The molecule has 0 aromatic carbocycles. The largest absolute Gasteiger partial charge is 0.491 e. The van der Waals surface area contributed by atoms with Gasteiger partial charge in [0.05, 0.1) is 11.9 Å². The normalized spacial score (nSPS) is 13.4. The molecule has 5 heteroatoms. The molecule has 1 fully saturated rings. The zero-order valence-electron chi connectivity index (χ0n) is 52.1. The van der Waals surface area contributed by atoms with Crippen molar-refractivity contribution in [2.75, 3.05) is 6.61 Å². The Labute approximate surface area is 460 Å². The van der Waals surface area contributed by atoms with Gasteiger partial charge in [-0.25, -0.2) is 0 Å². The minimum atomic E-state index is -0.171. The van der Waals surface area contributed by atoms with E-state index in [0.29, 0.717) is 18.3 Å². The molecule has 0 spiro atoms. The number of ether oxygens (including phenoxy) is 3. The number of rotatable bonds is 47. The molecule has 0 N–H and O–H groups in total. The van der Waals surface area contributed by atoms with E-state index in [4.69, 9.17) is 14.2 Å². The molecule has 1 saturated carbocycles. The molecule has 3 atom stereocenters. The second kappa shape index (κ2) is 68.1. The molecule has 0 heterocycles.